The van der Waals surface area contributed by atoms with Crippen LogP contribution in [0.25, 0.3) is 5.76 Å². The molecule has 6 nitrogen and oxygen atoms in total. The van der Waals surface area contributed by atoms with Gasteiger partial charge in [-0.3, -0.25) is 4.79 Å². The van der Waals surface area contributed by atoms with E-state index in [0.29, 0.717) is 18.1 Å². The fourth-order valence-electron chi connectivity index (χ4n) is 3.31. The Morgan fingerprint density at radius 1 is 0.853 bits per heavy atom. The number of ketones is 1. The lowest BCUT2D eigenvalue weighted by molar-refractivity contribution is -0.149. The molecule has 34 heavy (non-hydrogen) atoms. The summed E-state index contributed by atoms with van der Waals surface area (Å²) in [5, 5.41) is 10.7. The van der Waals surface area contributed by atoms with Gasteiger partial charge in [0.15, 0.2) is 0 Å². The van der Waals surface area contributed by atoms with Gasteiger partial charge in [-0.25, -0.2) is 4.79 Å². The van der Waals surface area contributed by atoms with Crippen LogP contribution < -0.4 is 9.47 Å². The average Bonchev–Trinajstić information content (AvgIpc) is 2.86. The van der Waals surface area contributed by atoms with Gasteiger partial charge in [-0.05, 0) is 28.7 Å². The number of esters is 1. The summed E-state index contributed by atoms with van der Waals surface area (Å²) >= 11 is 0. The first-order chi connectivity index (χ1) is 16.4. The van der Waals surface area contributed by atoms with Crippen LogP contribution in [0.1, 0.15) is 42.0 Å². The van der Waals surface area contributed by atoms with Gasteiger partial charge in [0.2, 0.25) is 0 Å². The van der Waals surface area contributed by atoms with E-state index in [1.54, 1.807) is 12.1 Å². The zero-order chi connectivity index (χ0) is 24.5. The highest BCUT2D eigenvalue weighted by Crippen LogP contribution is 2.37. The van der Waals surface area contributed by atoms with Crippen LogP contribution in [0.3, 0.4) is 0 Å². The molecular formula is C28H28O6. The molecule has 0 spiro atoms. The minimum absolute atomic E-state index is 0.0526. The summed E-state index contributed by atoms with van der Waals surface area (Å²) in [6, 6.07) is 22.8. The molecule has 0 amide bonds. The van der Waals surface area contributed by atoms with Crippen molar-refractivity contribution in [1.29, 1.82) is 0 Å². The smallest absolute Gasteiger partial charge is 0.378 e. The number of carbonyl (C=O) groups excluding carboxylic acids is 2. The molecule has 0 heterocycles. The van der Waals surface area contributed by atoms with E-state index in [9.17, 15) is 14.7 Å². The molecule has 0 atom stereocenters. The van der Waals surface area contributed by atoms with Gasteiger partial charge in [0.05, 0.1) is 12.7 Å². The van der Waals surface area contributed by atoms with Gasteiger partial charge in [0, 0.05) is 12.1 Å². The van der Waals surface area contributed by atoms with E-state index < -0.39 is 17.5 Å². The Labute approximate surface area is 199 Å². The van der Waals surface area contributed by atoms with E-state index in [1.807, 2.05) is 74.5 Å². The number of hydrogen-bond donors (Lipinski definition) is 1. The van der Waals surface area contributed by atoms with Crippen molar-refractivity contribution in [1.82, 2.24) is 0 Å². The Bertz CT molecular complexity index is 1150. The van der Waals surface area contributed by atoms with E-state index in [-0.39, 0.29) is 18.1 Å². The largest absolute Gasteiger partial charge is 0.507 e. The number of hydrogen-bond acceptors (Lipinski definition) is 6. The highest BCUT2D eigenvalue weighted by Gasteiger charge is 2.20. The van der Waals surface area contributed by atoms with Crippen LogP contribution in [-0.2, 0) is 27.5 Å². The lowest BCUT2D eigenvalue weighted by atomic mass is 9.97. The Kier molecular flexibility index (Phi) is 8.46. The molecule has 0 aromatic heterocycles. The van der Waals surface area contributed by atoms with Crippen molar-refractivity contribution in [3.63, 3.8) is 0 Å². The number of carbonyl (C=O) groups is 2. The van der Waals surface area contributed by atoms with E-state index in [2.05, 4.69) is 4.74 Å². The molecule has 0 radical (unpaired) electrons. The third kappa shape index (κ3) is 6.48. The molecule has 0 aliphatic heterocycles. The monoisotopic (exact) mass is 460 g/mol. The topological polar surface area (TPSA) is 82.1 Å². The fourth-order valence-corrected chi connectivity index (χ4v) is 3.31. The zero-order valence-corrected chi connectivity index (χ0v) is 19.5. The maximum absolute atomic E-state index is 12.0. The molecular weight excluding hydrogens is 432 g/mol. The number of aliphatic hydroxyl groups is 1. The van der Waals surface area contributed by atoms with E-state index in [4.69, 9.17) is 9.47 Å². The van der Waals surface area contributed by atoms with Crippen molar-refractivity contribution < 1.29 is 28.9 Å². The van der Waals surface area contributed by atoms with Crippen LogP contribution >= 0.6 is 0 Å². The SMILES string of the molecule is COC(=O)C(=O)C=C(O)c1cc(C(C)C)c(OCc2ccccc2)cc1OCc1ccccc1. The van der Waals surface area contributed by atoms with Crippen molar-refractivity contribution in [3.05, 3.63) is 101 Å². The first kappa shape index (κ1) is 24.6. The van der Waals surface area contributed by atoms with E-state index in [0.717, 1.165) is 29.9 Å². The normalized spacial score (nSPS) is 11.2. The maximum Gasteiger partial charge on any atom is 0.378 e. The van der Waals surface area contributed by atoms with Gasteiger partial charge in [0.25, 0.3) is 5.78 Å². The number of methoxy groups -OCH3 is 1. The van der Waals surface area contributed by atoms with Gasteiger partial charge < -0.3 is 19.3 Å². The second kappa shape index (κ2) is 11.7. The second-order valence-electron chi connectivity index (χ2n) is 7.97. The molecule has 0 bridgehead atoms. The molecule has 0 aliphatic rings. The molecule has 0 saturated heterocycles. The van der Waals surface area contributed by atoms with Crippen molar-refractivity contribution in [2.75, 3.05) is 7.11 Å². The standard InChI is InChI=1S/C28H28O6/c1-19(2)22-14-23(24(29)15-25(30)28(31)32-3)27(34-18-21-12-8-5-9-13-21)16-26(22)33-17-20-10-6-4-7-11-20/h4-16,19,29H,17-18H2,1-3H3. The van der Waals surface area contributed by atoms with Crippen LogP contribution in [0.15, 0.2) is 78.9 Å². The highest BCUT2D eigenvalue weighted by molar-refractivity contribution is 6.39. The van der Waals surface area contributed by atoms with Gasteiger partial charge in [0.1, 0.15) is 30.5 Å². The van der Waals surface area contributed by atoms with E-state index in [1.165, 1.54) is 0 Å². The lowest BCUT2D eigenvalue weighted by Crippen LogP contribution is -2.13. The Balaban J connectivity index is 2.00. The predicted molar refractivity (Wildman–Crippen MR) is 130 cm³/mol. The van der Waals surface area contributed by atoms with Crippen LogP contribution in [0.2, 0.25) is 0 Å². The van der Waals surface area contributed by atoms with Crippen LogP contribution in [0.5, 0.6) is 11.5 Å². The fraction of sp³-hybridized carbons (Fsp3) is 0.214. The van der Waals surface area contributed by atoms with Gasteiger partial charge in [-0.2, -0.15) is 0 Å². The Hall–Kier alpha value is -4.06. The molecule has 3 aromatic carbocycles. The third-order valence-corrected chi connectivity index (χ3v) is 5.14. The Morgan fingerprint density at radius 3 is 1.88 bits per heavy atom. The van der Waals surface area contributed by atoms with Crippen LogP contribution in [-0.4, -0.2) is 24.0 Å². The highest BCUT2D eigenvalue weighted by atomic mass is 16.5. The second-order valence-corrected chi connectivity index (χ2v) is 7.97. The number of benzene rings is 3. The quantitative estimate of drug-likeness (QED) is 0.183. The summed E-state index contributed by atoms with van der Waals surface area (Å²) in [5.74, 6) is -1.44. The summed E-state index contributed by atoms with van der Waals surface area (Å²) < 4.78 is 16.6. The molecule has 0 unspecified atom stereocenters. The molecule has 3 aromatic rings. The summed E-state index contributed by atoms with van der Waals surface area (Å²) in [5.41, 5.74) is 3.05. The minimum atomic E-state index is -1.06. The maximum atomic E-state index is 12.0. The molecule has 6 heteroatoms. The summed E-state index contributed by atoms with van der Waals surface area (Å²) in [6.07, 6.45) is 0.838. The zero-order valence-electron chi connectivity index (χ0n) is 19.5. The minimum Gasteiger partial charge on any atom is -0.507 e. The number of ether oxygens (including phenoxy) is 3. The van der Waals surface area contributed by atoms with Crippen molar-refractivity contribution in [3.8, 4) is 11.5 Å². The van der Waals surface area contributed by atoms with Crippen molar-refractivity contribution >= 4 is 17.5 Å². The third-order valence-electron chi connectivity index (χ3n) is 5.14. The predicted octanol–water partition coefficient (Wildman–Crippen LogP) is 5.61. The van der Waals surface area contributed by atoms with E-state index >= 15 is 0 Å². The van der Waals surface area contributed by atoms with Crippen molar-refractivity contribution in [2.24, 2.45) is 0 Å². The molecule has 0 saturated carbocycles. The van der Waals surface area contributed by atoms with Gasteiger partial charge >= 0.3 is 5.97 Å². The lowest BCUT2D eigenvalue weighted by Gasteiger charge is -2.19. The molecule has 0 fully saturated rings. The first-order valence-electron chi connectivity index (χ1n) is 10.9. The summed E-state index contributed by atoms with van der Waals surface area (Å²) in [7, 11) is 1.11. The molecule has 1 N–H and O–H groups in total. The average molecular weight is 461 g/mol. The van der Waals surface area contributed by atoms with Crippen LogP contribution in [0, 0.1) is 0 Å². The molecule has 0 aliphatic carbocycles. The number of rotatable bonds is 10. The Morgan fingerprint density at radius 2 is 1.38 bits per heavy atom. The first-order valence-corrected chi connectivity index (χ1v) is 10.9. The van der Waals surface area contributed by atoms with Gasteiger partial charge in [-0.15, -0.1) is 0 Å². The van der Waals surface area contributed by atoms with Gasteiger partial charge in [-0.1, -0.05) is 74.5 Å². The summed E-state index contributed by atoms with van der Waals surface area (Å²) in [4.78, 5) is 23.6. The molecule has 176 valence electrons. The molecule has 3 rings (SSSR count). The van der Waals surface area contributed by atoms with Crippen molar-refractivity contribution in [2.45, 2.75) is 33.0 Å². The van der Waals surface area contributed by atoms with Crippen LogP contribution in [0.4, 0.5) is 0 Å². The number of aliphatic hydroxyl groups excluding tert-OH is 1. The summed E-state index contributed by atoms with van der Waals surface area (Å²) in [6.45, 7) is 4.60.